The van der Waals surface area contributed by atoms with E-state index >= 15 is 0 Å². The Bertz CT molecular complexity index is 946. The summed E-state index contributed by atoms with van der Waals surface area (Å²) < 4.78 is 63.5. The van der Waals surface area contributed by atoms with Gasteiger partial charge >= 0.3 is 6.18 Å². The summed E-state index contributed by atoms with van der Waals surface area (Å²) >= 11 is 0. The minimum atomic E-state index is -4.25. The highest BCUT2D eigenvalue weighted by Crippen LogP contribution is 2.28. The van der Waals surface area contributed by atoms with E-state index in [4.69, 9.17) is 9.47 Å². The molecule has 1 unspecified atom stereocenters. The van der Waals surface area contributed by atoms with Crippen LogP contribution in [-0.2, 0) is 4.74 Å². The number of morpholine rings is 1. The molecule has 1 saturated carbocycles. The molecule has 0 bridgehead atoms. The van der Waals surface area contributed by atoms with Crippen LogP contribution in [-0.4, -0.2) is 61.1 Å². The van der Waals surface area contributed by atoms with Gasteiger partial charge in [-0.2, -0.15) is 22.5 Å². The van der Waals surface area contributed by atoms with Gasteiger partial charge in [-0.05, 0) is 62.8 Å². The van der Waals surface area contributed by atoms with Gasteiger partial charge in [0.2, 0.25) is 11.8 Å². The van der Waals surface area contributed by atoms with Crippen LogP contribution in [0.25, 0.3) is 0 Å². The first-order valence-corrected chi connectivity index (χ1v) is 12.0. The Morgan fingerprint density at radius 1 is 1.11 bits per heavy atom. The van der Waals surface area contributed by atoms with E-state index in [-0.39, 0.29) is 30.4 Å². The van der Waals surface area contributed by atoms with E-state index in [1.165, 1.54) is 0 Å². The number of rotatable bonds is 8. The van der Waals surface area contributed by atoms with Gasteiger partial charge in [-0.25, -0.2) is 4.98 Å². The second-order valence-electron chi connectivity index (χ2n) is 9.08. The van der Waals surface area contributed by atoms with Gasteiger partial charge < -0.3 is 25.0 Å². The monoisotopic (exact) mass is 497 g/mol. The van der Waals surface area contributed by atoms with Crippen LogP contribution >= 0.6 is 0 Å². The summed E-state index contributed by atoms with van der Waals surface area (Å²) in [6, 6.07) is 6.10. The van der Waals surface area contributed by atoms with Crippen molar-refractivity contribution < 1.29 is 27.0 Å². The van der Waals surface area contributed by atoms with Crippen molar-refractivity contribution in [1.82, 2.24) is 15.3 Å². The van der Waals surface area contributed by atoms with E-state index in [0.29, 0.717) is 38.9 Å². The highest BCUT2D eigenvalue weighted by molar-refractivity contribution is 5.59. The zero-order valence-corrected chi connectivity index (χ0v) is 19.7. The van der Waals surface area contributed by atoms with Crippen molar-refractivity contribution in [3.05, 3.63) is 36.3 Å². The summed E-state index contributed by atoms with van der Waals surface area (Å²) in [6.07, 6.45) is -0.542. The fraction of sp³-hybridized carbons (Fsp3) is 0.583. The van der Waals surface area contributed by atoms with E-state index in [0.717, 1.165) is 37.6 Å². The minimum Gasteiger partial charge on any atom is -0.475 e. The lowest BCUT2D eigenvalue weighted by atomic mass is 9.86. The van der Waals surface area contributed by atoms with Gasteiger partial charge in [0.1, 0.15) is 6.04 Å². The third-order valence-corrected chi connectivity index (χ3v) is 6.49. The zero-order chi connectivity index (χ0) is 24.8. The number of nitrogens with zero attached hydrogens (tertiary/aromatic N) is 3. The maximum atomic E-state index is 14.2. The molecule has 192 valence electrons. The van der Waals surface area contributed by atoms with E-state index in [1.54, 1.807) is 0 Å². The standard InChI is InChI=1S/C24H31F4N5O2/c1-16(24(26,27)28)30-18-4-2-17(3-5-18)15-35-22-21(25)14-29-23(32-22)31-19-6-8-20(9-7-19)33-10-12-34-13-11-33/h6-9,14,16-18,30H,2-5,10-13,15H2,1H3,(H,29,31,32). The lowest BCUT2D eigenvalue weighted by molar-refractivity contribution is -0.154. The Morgan fingerprint density at radius 3 is 2.46 bits per heavy atom. The Hall–Kier alpha value is -2.66. The Morgan fingerprint density at radius 2 is 1.80 bits per heavy atom. The SMILES string of the molecule is CC(NC1CCC(COc2nc(Nc3ccc(N4CCOCC4)cc3)ncc2F)CC1)C(F)(F)F. The molecule has 1 aromatic heterocycles. The van der Waals surface area contributed by atoms with Gasteiger partial charge in [-0.3, -0.25) is 0 Å². The van der Waals surface area contributed by atoms with Crippen LogP contribution in [0.2, 0.25) is 0 Å². The van der Waals surface area contributed by atoms with Gasteiger partial charge in [0.05, 0.1) is 26.0 Å². The normalized spacial score (nSPS) is 22.0. The third kappa shape index (κ3) is 7.17. The Kier molecular flexibility index (Phi) is 8.27. The van der Waals surface area contributed by atoms with Crippen LogP contribution in [0, 0.1) is 11.7 Å². The van der Waals surface area contributed by atoms with Crippen molar-refractivity contribution in [2.75, 3.05) is 43.1 Å². The maximum absolute atomic E-state index is 14.2. The lowest BCUT2D eigenvalue weighted by Gasteiger charge is -2.31. The fourth-order valence-electron chi connectivity index (χ4n) is 4.36. The highest BCUT2D eigenvalue weighted by Gasteiger charge is 2.37. The van der Waals surface area contributed by atoms with Gasteiger partial charge in [0.25, 0.3) is 5.88 Å². The number of nitrogens with one attached hydrogen (secondary N) is 2. The Balaban J connectivity index is 1.26. The maximum Gasteiger partial charge on any atom is 0.403 e. The number of ether oxygens (including phenoxy) is 2. The summed E-state index contributed by atoms with van der Waals surface area (Å²) in [4.78, 5) is 10.4. The molecule has 2 heterocycles. The summed E-state index contributed by atoms with van der Waals surface area (Å²) in [5.41, 5.74) is 1.86. The predicted octanol–water partition coefficient (Wildman–Crippen LogP) is 4.67. The summed E-state index contributed by atoms with van der Waals surface area (Å²) in [7, 11) is 0. The molecular weight excluding hydrogens is 466 g/mol. The number of hydrogen-bond acceptors (Lipinski definition) is 7. The predicted molar refractivity (Wildman–Crippen MR) is 125 cm³/mol. The van der Waals surface area contributed by atoms with Crippen LogP contribution < -0.4 is 20.3 Å². The molecule has 1 aliphatic heterocycles. The molecule has 2 N–H and O–H groups in total. The largest absolute Gasteiger partial charge is 0.475 e. The average Bonchev–Trinajstić information content (AvgIpc) is 2.85. The molecule has 2 aliphatic rings. The highest BCUT2D eigenvalue weighted by atomic mass is 19.4. The summed E-state index contributed by atoms with van der Waals surface area (Å²) in [5.74, 6) is -0.451. The molecule has 0 radical (unpaired) electrons. The number of alkyl halides is 3. The fourth-order valence-corrected chi connectivity index (χ4v) is 4.36. The molecular formula is C24H31F4N5O2. The quantitative estimate of drug-likeness (QED) is 0.514. The molecule has 1 aromatic carbocycles. The molecule has 1 aliphatic carbocycles. The van der Waals surface area contributed by atoms with Crippen LogP contribution in [0.1, 0.15) is 32.6 Å². The molecule has 2 aromatic rings. The molecule has 35 heavy (non-hydrogen) atoms. The molecule has 0 amide bonds. The molecule has 11 heteroatoms. The second kappa shape index (κ2) is 11.4. The number of anilines is 3. The first-order valence-electron chi connectivity index (χ1n) is 12.0. The van der Waals surface area contributed by atoms with Gasteiger partial charge in [0, 0.05) is 30.5 Å². The molecule has 1 saturated heterocycles. The van der Waals surface area contributed by atoms with Gasteiger partial charge in [0.15, 0.2) is 0 Å². The van der Waals surface area contributed by atoms with Crippen molar-refractivity contribution >= 4 is 17.3 Å². The minimum absolute atomic E-state index is 0.132. The Labute approximate surface area is 202 Å². The third-order valence-electron chi connectivity index (χ3n) is 6.49. The van der Waals surface area contributed by atoms with Crippen LogP contribution in [0.3, 0.4) is 0 Å². The van der Waals surface area contributed by atoms with Crippen molar-refractivity contribution in [1.29, 1.82) is 0 Å². The topological polar surface area (TPSA) is 71.5 Å². The molecule has 0 spiro atoms. The summed E-state index contributed by atoms with van der Waals surface area (Å²) in [6.45, 7) is 4.50. The van der Waals surface area contributed by atoms with E-state index in [2.05, 4.69) is 25.5 Å². The van der Waals surface area contributed by atoms with Crippen molar-refractivity contribution in [3.63, 3.8) is 0 Å². The second-order valence-corrected chi connectivity index (χ2v) is 9.08. The van der Waals surface area contributed by atoms with Crippen LogP contribution in [0.4, 0.5) is 34.9 Å². The number of aromatic nitrogens is 2. The molecule has 1 atom stereocenters. The number of halogens is 4. The van der Waals surface area contributed by atoms with Gasteiger partial charge in [-0.1, -0.05) is 0 Å². The van der Waals surface area contributed by atoms with Crippen LogP contribution in [0.15, 0.2) is 30.5 Å². The first-order chi connectivity index (χ1) is 16.8. The van der Waals surface area contributed by atoms with E-state index in [9.17, 15) is 17.6 Å². The van der Waals surface area contributed by atoms with Crippen molar-refractivity contribution in [2.24, 2.45) is 5.92 Å². The van der Waals surface area contributed by atoms with E-state index < -0.39 is 18.0 Å². The lowest BCUT2D eigenvalue weighted by Crippen LogP contribution is -2.46. The molecule has 2 fully saturated rings. The van der Waals surface area contributed by atoms with Crippen molar-refractivity contribution in [2.45, 2.75) is 50.9 Å². The van der Waals surface area contributed by atoms with Crippen LogP contribution in [0.5, 0.6) is 5.88 Å². The number of benzene rings is 1. The number of hydrogen-bond donors (Lipinski definition) is 2. The zero-order valence-electron chi connectivity index (χ0n) is 19.7. The van der Waals surface area contributed by atoms with Crippen molar-refractivity contribution in [3.8, 4) is 5.88 Å². The van der Waals surface area contributed by atoms with E-state index in [1.807, 2.05) is 24.3 Å². The first kappa shape index (κ1) is 25.4. The molecule has 7 nitrogen and oxygen atoms in total. The molecule has 4 rings (SSSR count). The average molecular weight is 498 g/mol. The summed E-state index contributed by atoms with van der Waals surface area (Å²) in [5, 5.41) is 5.72. The smallest absolute Gasteiger partial charge is 0.403 e. The van der Waals surface area contributed by atoms with Gasteiger partial charge in [-0.15, -0.1) is 0 Å².